The van der Waals surface area contributed by atoms with Crippen LogP contribution in [-0.4, -0.2) is 188 Å². The maximum absolute atomic E-state index is 12.6. The topological polar surface area (TPSA) is 401 Å². The van der Waals surface area contributed by atoms with Crippen molar-refractivity contribution in [2.45, 2.75) is 156 Å². The number of allylic oxidation sites excluding steroid dienone is 4. The number of carbonyl (C=O) groups excluding carboxylic acids is 3. The van der Waals surface area contributed by atoms with Crippen molar-refractivity contribution in [3.8, 4) is 0 Å². The average Bonchev–Trinajstić information content (AvgIpc) is 3.15. The maximum Gasteiger partial charge on any atom is 0.249 e. The molecule has 2 amide bonds. The Labute approximate surface area is 329 Å². The number of hydrogen-bond donors (Lipinski definition) is 14. The molecule has 0 spiro atoms. The van der Waals surface area contributed by atoms with E-state index in [-0.39, 0.29) is 31.7 Å². The summed E-state index contributed by atoms with van der Waals surface area (Å²) in [6.07, 6.45) is -10.2. The van der Waals surface area contributed by atoms with E-state index in [1.165, 1.54) is 0 Å². The monoisotopic (exact) mass is 822 g/mol. The van der Waals surface area contributed by atoms with E-state index in [9.17, 15) is 55.2 Å². The van der Waals surface area contributed by atoms with Gasteiger partial charge in [-0.05, 0) is 39.2 Å². The Hall–Kier alpha value is -2.59. The van der Waals surface area contributed by atoms with Crippen LogP contribution in [0.25, 0.3) is 0 Å². The van der Waals surface area contributed by atoms with E-state index in [0.717, 1.165) is 12.8 Å². The SMILES string of the molecule is C/C=C/C/C=C/CCC(=O)C1CC(C(N)=O)O1.NCC[C@@H](O)C(=O)NC1CC(N)C(OC2OC(CN)C(O)C(O)C2O)C(O)C1OC1OC(CO)C(O)C(N)C1O. The zero-order valence-corrected chi connectivity index (χ0v) is 31.8. The van der Waals surface area contributed by atoms with Gasteiger partial charge in [0.2, 0.25) is 11.8 Å². The van der Waals surface area contributed by atoms with Crippen LogP contribution in [0.1, 0.15) is 45.4 Å². The molecule has 3 aliphatic heterocycles. The summed E-state index contributed by atoms with van der Waals surface area (Å²) in [4.78, 5) is 34.8. The molecule has 3 heterocycles. The lowest BCUT2D eigenvalue weighted by molar-refractivity contribution is -0.332. The molecular weight excluding hydrogens is 760 g/mol. The smallest absolute Gasteiger partial charge is 0.249 e. The van der Waals surface area contributed by atoms with E-state index in [0.29, 0.717) is 12.8 Å². The first-order valence-corrected chi connectivity index (χ1v) is 18.9. The summed E-state index contributed by atoms with van der Waals surface area (Å²) in [5.41, 5.74) is 28.1. The quantitative estimate of drug-likeness (QED) is 0.0606. The molecule has 0 bridgehead atoms. The minimum Gasteiger partial charge on any atom is -0.394 e. The van der Waals surface area contributed by atoms with Crippen LogP contribution in [-0.2, 0) is 38.1 Å². The minimum atomic E-state index is -1.76. The van der Waals surface area contributed by atoms with E-state index in [4.69, 9.17) is 52.4 Å². The van der Waals surface area contributed by atoms with Crippen molar-refractivity contribution in [3.63, 3.8) is 0 Å². The third-order valence-corrected chi connectivity index (χ3v) is 10.2. The normalized spacial score (nSPS) is 40.2. The second kappa shape index (κ2) is 23.3. The van der Waals surface area contributed by atoms with Gasteiger partial charge in [-0.1, -0.05) is 24.3 Å². The Kier molecular flexibility index (Phi) is 19.9. The largest absolute Gasteiger partial charge is 0.394 e. The molecule has 0 aromatic rings. The lowest BCUT2D eigenvalue weighted by atomic mass is 9.83. The number of rotatable bonds is 17. The molecule has 0 aromatic carbocycles. The van der Waals surface area contributed by atoms with Gasteiger partial charge >= 0.3 is 0 Å². The molecule has 22 nitrogen and oxygen atoms in total. The highest BCUT2D eigenvalue weighted by molar-refractivity contribution is 5.88. The van der Waals surface area contributed by atoms with Crippen LogP contribution in [0.4, 0.5) is 0 Å². The molecule has 17 unspecified atom stereocenters. The van der Waals surface area contributed by atoms with Crippen molar-refractivity contribution < 1.29 is 78.9 Å². The number of hydrogen-bond acceptors (Lipinski definition) is 20. The highest BCUT2D eigenvalue weighted by Crippen LogP contribution is 2.32. The van der Waals surface area contributed by atoms with Crippen molar-refractivity contribution in [2.24, 2.45) is 28.7 Å². The molecule has 1 saturated carbocycles. The summed E-state index contributed by atoms with van der Waals surface area (Å²) < 4.78 is 27.6. The minimum absolute atomic E-state index is 0.0101. The molecule has 3 saturated heterocycles. The predicted octanol–water partition coefficient (Wildman–Crippen LogP) is -6.92. The second-order valence-corrected chi connectivity index (χ2v) is 14.4. The number of nitrogens with one attached hydrogen (secondary N) is 1. The standard InChI is InChI=1S/C22H43N5O13.C13H19NO3/c23-2-1-8(29)20(36)27-7-3-6(25)18(39-22-16(34)15(33)13(31)9(4-24)37-22)17(35)19(7)40-21-14(32)11(26)12(30)10(5-28)38-21;1-2-3-4-5-6-7-8-10(15)11-9-12(17-11)13(14)16/h6-19,21-22,28-35H,1-5,23-26H2,(H,27,36);2-3,5-6,11-12H,4,7-9H2,1H3,(H2,14,16)/b;3-2+,6-5+/t6?,7?,8-,9?,10?,11?,12?,13?,14?,15?,16?,17?,18?,19?,21?,22?;/m1./s1. The Morgan fingerprint density at radius 1 is 0.807 bits per heavy atom. The fourth-order valence-electron chi connectivity index (χ4n) is 6.65. The van der Waals surface area contributed by atoms with Crippen molar-refractivity contribution in [3.05, 3.63) is 24.3 Å². The van der Waals surface area contributed by atoms with Gasteiger partial charge in [0.05, 0.1) is 18.7 Å². The Bertz CT molecular complexity index is 1320. The third kappa shape index (κ3) is 12.9. The van der Waals surface area contributed by atoms with Crippen LogP contribution in [0.5, 0.6) is 0 Å². The number of aliphatic hydroxyl groups is 8. The first-order valence-electron chi connectivity index (χ1n) is 18.9. The first kappa shape index (κ1) is 48.8. The van der Waals surface area contributed by atoms with Gasteiger partial charge in [0, 0.05) is 25.4 Å². The average molecular weight is 823 g/mol. The molecule has 328 valence electrons. The van der Waals surface area contributed by atoms with E-state index in [1.54, 1.807) is 0 Å². The zero-order chi connectivity index (χ0) is 42.6. The molecule has 57 heavy (non-hydrogen) atoms. The number of nitrogens with two attached hydrogens (primary N) is 5. The van der Waals surface area contributed by atoms with Crippen LogP contribution >= 0.6 is 0 Å². The van der Waals surface area contributed by atoms with Crippen LogP contribution in [0.15, 0.2) is 24.3 Å². The number of carbonyl (C=O) groups is 3. The van der Waals surface area contributed by atoms with Crippen LogP contribution in [0.3, 0.4) is 0 Å². The summed E-state index contributed by atoms with van der Waals surface area (Å²) in [6, 6.07) is -3.45. The van der Waals surface area contributed by atoms with Gasteiger partial charge < -0.3 is 98.5 Å². The third-order valence-electron chi connectivity index (χ3n) is 10.2. The van der Waals surface area contributed by atoms with Crippen molar-refractivity contribution in [1.29, 1.82) is 0 Å². The van der Waals surface area contributed by atoms with E-state index >= 15 is 0 Å². The molecule has 18 atom stereocenters. The molecule has 4 aliphatic rings. The molecule has 0 radical (unpaired) electrons. The number of primary amides is 1. The summed E-state index contributed by atoms with van der Waals surface area (Å²) in [7, 11) is 0. The van der Waals surface area contributed by atoms with Crippen LogP contribution in [0.2, 0.25) is 0 Å². The Balaban J connectivity index is 0.000000427. The Morgan fingerprint density at radius 2 is 1.44 bits per heavy atom. The lowest BCUT2D eigenvalue weighted by Gasteiger charge is -2.49. The van der Waals surface area contributed by atoms with E-state index < -0.39 is 128 Å². The number of amides is 2. The number of ether oxygens (including phenoxy) is 5. The van der Waals surface area contributed by atoms with E-state index in [2.05, 4.69) is 5.32 Å². The first-order chi connectivity index (χ1) is 27.0. The Morgan fingerprint density at radius 3 is 2.04 bits per heavy atom. The van der Waals surface area contributed by atoms with Gasteiger partial charge in [-0.2, -0.15) is 0 Å². The highest BCUT2D eigenvalue weighted by Gasteiger charge is 2.52. The molecule has 4 fully saturated rings. The van der Waals surface area contributed by atoms with Gasteiger partial charge in [-0.15, -0.1) is 0 Å². The fourth-order valence-corrected chi connectivity index (χ4v) is 6.65. The number of ketones is 1. The van der Waals surface area contributed by atoms with Gasteiger partial charge in [-0.25, -0.2) is 0 Å². The number of aliphatic hydroxyl groups excluding tert-OH is 8. The number of Topliss-reactive ketones (excluding diaryl/α,β-unsaturated/α-hetero) is 1. The van der Waals surface area contributed by atoms with Crippen molar-refractivity contribution in [1.82, 2.24) is 5.32 Å². The zero-order valence-electron chi connectivity index (χ0n) is 31.8. The highest BCUT2D eigenvalue weighted by atomic mass is 16.7. The van der Waals surface area contributed by atoms with Crippen molar-refractivity contribution >= 4 is 17.6 Å². The molecule has 19 N–H and O–H groups in total. The summed E-state index contributed by atoms with van der Waals surface area (Å²) in [6.45, 7) is 1.07. The maximum atomic E-state index is 12.6. The predicted molar refractivity (Wildman–Crippen MR) is 197 cm³/mol. The van der Waals surface area contributed by atoms with Crippen LogP contribution < -0.4 is 34.0 Å². The summed E-state index contributed by atoms with van der Waals surface area (Å²) in [5, 5.41) is 84.9. The molecular formula is C35H62N6O16. The van der Waals surface area contributed by atoms with Gasteiger partial charge in [0.15, 0.2) is 18.4 Å². The second-order valence-electron chi connectivity index (χ2n) is 14.4. The van der Waals surface area contributed by atoms with Gasteiger partial charge in [0.1, 0.15) is 79.4 Å². The molecule has 22 heteroatoms. The molecule has 0 aromatic heterocycles. The fraction of sp³-hybridized carbons (Fsp3) is 0.800. The summed E-state index contributed by atoms with van der Waals surface area (Å²) in [5.74, 6) is -1.28. The lowest BCUT2D eigenvalue weighted by Crippen LogP contribution is -2.69. The van der Waals surface area contributed by atoms with Gasteiger partial charge in [-0.3, -0.25) is 14.4 Å². The van der Waals surface area contributed by atoms with Crippen molar-refractivity contribution in [2.75, 3.05) is 19.7 Å². The summed E-state index contributed by atoms with van der Waals surface area (Å²) >= 11 is 0. The van der Waals surface area contributed by atoms with E-state index in [1.807, 2.05) is 31.2 Å². The molecule has 1 aliphatic carbocycles. The molecule has 4 rings (SSSR count). The van der Waals surface area contributed by atoms with Crippen LogP contribution in [0, 0.1) is 0 Å². The van der Waals surface area contributed by atoms with Gasteiger partial charge in [0.25, 0.3) is 0 Å².